The third-order valence-electron chi connectivity index (χ3n) is 2.42. The Labute approximate surface area is 100 Å². The highest BCUT2D eigenvalue weighted by Gasteiger charge is 2.09. The molecule has 1 aromatic carbocycles. The molecule has 4 N–H and O–H groups in total. The lowest BCUT2D eigenvalue weighted by Gasteiger charge is -2.11. The Morgan fingerprint density at radius 1 is 1.06 bits per heavy atom. The van der Waals surface area contributed by atoms with Crippen molar-refractivity contribution in [2.45, 2.75) is 6.92 Å². The van der Waals surface area contributed by atoms with Crippen LogP contribution in [-0.4, -0.2) is 11.6 Å². The number of nitrogen functional groups attached to an aromatic ring is 2. The van der Waals surface area contributed by atoms with Gasteiger partial charge in [0.1, 0.15) is 17.4 Å². The Morgan fingerprint density at radius 3 is 2.53 bits per heavy atom. The minimum atomic E-state index is 0.414. The van der Waals surface area contributed by atoms with Gasteiger partial charge in [0.25, 0.3) is 0 Å². The van der Waals surface area contributed by atoms with Gasteiger partial charge in [0, 0.05) is 11.1 Å². The number of nitrogens with two attached hydrogens (primary N) is 2. The molecule has 0 fully saturated rings. The van der Waals surface area contributed by atoms with Crippen molar-refractivity contribution in [3.8, 4) is 16.9 Å². The van der Waals surface area contributed by atoms with Crippen molar-refractivity contribution in [2.75, 3.05) is 18.1 Å². The van der Waals surface area contributed by atoms with E-state index in [1.165, 1.54) is 0 Å². The van der Waals surface area contributed by atoms with Crippen molar-refractivity contribution >= 4 is 11.6 Å². The van der Waals surface area contributed by atoms with Gasteiger partial charge in [-0.05, 0) is 25.1 Å². The number of aromatic nitrogens is 1. The van der Waals surface area contributed by atoms with E-state index in [-0.39, 0.29) is 0 Å². The summed E-state index contributed by atoms with van der Waals surface area (Å²) in [5, 5.41) is 0. The van der Waals surface area contributed by atoms with Crippen LogP contribution in [0.3, 0.4) is 0 Å². The fourth-order valence-electron chi connectivity index (χ4n) is 1.69. The van der Waals surface area contributed by atoms with Crippen LogP contribution in [0.4, 0.5) is 11.6 Å². The van der Waals surface area contributed by atoms with Crippen LogP contribution in [0, 0.1) is 0 Å². The Kier molecular flexibility index (Phi) is 3.14. The molecule has 4 nitrogen and oxygen atoms in total. The zero-order valence-corrected chi connectivity index (χ0v) is 9.68. The summed E-state index contributed by atoms with van der Waals surface area (Å²) >= 11 is 0. The van der Waals surface area contributed by atoms with E-state index in [1.54, 1.807) is 6.07 Å². The standard InChI is InChI=1S/C13H15N3O/c1-2-17-11-6-4-3-5-9(11)10-7-8-12(14)16-13(10)15/h3-8H,2H2,1H3,(H4,14,15,16). The molecule has 0 aliphatic carbocycles. The molecule has 0 bridgehead atoms. The van der Waals surface area contributed by atoms with Crippen molar-refractivity contribution in [2.24, 2.45) is 0 Å². The summed E-state index contributed by atoms with van der Waals surface area (Å²) in [6.45, 7) is 2.56. The molecular weight excluding hydrogens is 214 g/mol. The van der Waals surface area contributed by atoms with E-state index >= 15 is 0 Å². The minimum Gasteiger partial charge on any atom is -0.493 e. The van der Waals surface area contributed by atoms with Crippen molar-refractivity contribution in [1.82, 2.24) is 4.98 Å². The molecule has 0 unspecified atom stereocenters. The van der Waals surface area contributed by atoms with E-state index in [1.807, 2.05) is 37.3 Å². The van der Waals surface area contributed by atoms with Crippen LogP contribution in [-0.2, 0) is 0 Å². The van der Waals surface area contributed by atoms with E-state index in [0.717, 1.165) is 16.9 Å². The molecule has 0 atom stereocenters. The second kappa shape index (κ2) is 4.74. The number of hydrogen-bond acceptors (Lipinski definition) is 4. The summed E-state index contributed by atoms with van der Waals surface area (Å²) in [4.78, 5) is 4.05. The first kappa shape index (κ1) is 11.3. The lowest BCUT2D eigenvalue weighted by molar-refractivity contribution is 0.341. The van der Waals surface area contributed by atoms with E-state index in [4.69, 9.17) is 16.2 Å². The number of benzene rings is 1. The predicted molar refractivity (Wildman–Crippen MR) is 69.7 cm³/mol. The number of nitrogens with zero attached hydrogens (tertiary/aromatic N) is 1. The third-order valence-corrected chi connectivity index (χ3v) is 2.42. The molecule has 2 aromatic rings. The number of ether oxygens (including phenoxy) is 1. The minimum absolute atomic E-state index is 0.414. The second-order valence-electron chi connectivity index (χ2n) is 3.60. The van der Waals surface area contributed by atoms with Crippen LogP contribution in [0.2, 0.25) is 0 Å². The van der Waals surface area contributed by atoms with E-state index in [2.05, 4.69) is 4.98 Å². The Balaban J connectivity index is 2.52. The summed E-state index contributed by atoms with van der Waals surface area (Å²) in [6.07, 6.45) is 0. The maximum absolute atomic E-state index is 5.87. The summed E-state index contributed by atoms with van der Waals surface area (Å²) in [6, 6.07) is 11.3. The molecule has 1 aromatic heterocycles. The second-order valence-corrected chi connectivity index (χ2v) is 3.60. The van der Waals surface area contributed by atoms with Gasteiger partial charge in [-0.2, -0.15) is 0 Å². The molecule has 88 valence electrons. The maximum atomic E-state index is 5.87. The van der Waals surface area contributed by atoms with Gasteiger partial charge >= 0.3 is 0 Å². The first-order valence-corrected chi connectivity index (χ1v) is 5.46. The summed E-state index contributed by atoms with van der Waals surface area (Å²) in [5.41, 5.74) is 13.2. The lowest BCUT2D eigenvalue weighted by atomic mass is 10.1. The topological polar surface area (TPSA) is 74.2 Å². The number of para-hydroxylation sites is 1. The highest BCUT2D eigenvalue weighted by Crippen LogP contribution is 2.33. The van der Waals surface area contributed by atoms with Crippen LogP contribution in [0.15, 0.2) is 36.4 Å². The molecule has 0 spiro atoms. The molecule has 0 amide bonds. The first-order valence-electron chi connectivity index (χ1n) is 5.46. The monoisotopic (exact) mass is 229 g/mol. The molecule has 0 aliphatic rings. The molecule has 0 saturated carbocycles. The van der Waals surface area contributed by atoms with Gasteiger partial charge in [-0.3, -0.25) is 0 Å². The molecule has 4 heteroatoms. The number of pyridine rings is 1. The molecular formula is C13H15N3O. The summed E-state index contributed by atoms with van der Waals surface area (Å²) in [5.74, 6) is 1.63. The van der Waals surface area contributed by atoms with Gasteiger partial charge in [-0.25, -0.2) is 4.98 Å². The largest absolute Gasteiger partial charge is 0.493 e. The molecule has 1 heterocycles. The number of anilines is 2. The van der Waals surface area contributed by atoms with Crippen LogP contribution in [0.1, 0.15) is 6.92 Å². The molecule has 2 rings (SSSR count). The first-order chi connectivity index (χ1) is 8.22. The van der Waals surface area contributed by atoms with Gasteiger partial charge in [0.2, 0.25) is 0 Å². The fourth-order valence-corrected chi connectivity index (χ4v) is 1.69. The third kappa shape index (κ3) is 2.30. The Hall–Kier alpha value is -2.23. The average Bonchev–Trinajstić information content (AvgIpc) is 2.31. The smallest absolute Gasteiger partial charge is 0.133 e. The SMILES string of the molecule is CCOc1ccccc1-c1ccc(N)nc1N. The normalized spacial score (nSPS) is 10.2. The van der Waals surface area contributed by atoms with Crippen LogP contribution >= 0.6 is 0 Å². The number of rotatable bonds is 3. The number of hydrogen-bond donors (Lipinski definition) is 2. The van der Waals surface area contributed by atoms with Gasteiger partial charge in [0.15, 0.2) is 0 Å². The zero-order chi connectivity index (χ0) is 12.3. The Morgan fingerprint density at radius 2 is 1.82 bits per heavy atom. The summed E-state index contributed by atoms with van der Waals surface area (Å²) in [7, 11) is 0. The zero-order valence-electron chi connectivity index (χ0n) is 9.68. The quantitative estimate of drug-likeness (QED) is 0.847. The molecule has 0 aliphatic heterocycles. The maximum Gasteiger partial charge on any atom is 0.133 e. The van der Waals surface area contributed by atoms with Crippen molar-refractivity contribution in [1.29, 1.82) is 0 Å². The predicted octanol–water partition coefficient (Wildman–Crippen LogP) is 2.31. The van der Waals surface area contributed by atoms with Gasteiger partial charge in [-0.15, -0.1) is 0 Å². The fraction of sp³-hybridized carbons (Fsp3) is 0.154. The van der Waals surface area contributed by atoms with Crippen molar-refractivity contribution in [3.05, 3.63) is 36.4 Å². The van der Waals surface area contributed by atoms with E-state index < -0.39 is 0 Å². The van der Waals surface area contributed by atoms with Gasteiger partial charge < -0.3 is 16.2 Å². The summed E-state index contributed by atoms with van der Waals surface area (Å²) < 4.78 is 5.56. The van der Waals surface area contributed by atoms with Crippen LogP contribution in [0.25, 0.3) is 11.1 Å². The van der Waals surface area contributed by atoms with E-state index in [9.17, 15) is 0 Å². The van der Waals surface area contributed by atoms with Crippen LogP contribution in [0.5, 0.6) is 5.75 Å². The highest BCUT2D eigenvalue weighted by atomic mass is 16.5. The van der Waals surface area contributed by atoms with Crippen molar-refractivity contribution in [3.63, 3.8) is 0 Å². The van der Waals surface area contributed by atoms with E-state index in [0.29, 0.717) is 18.2 Å². The average molecular weight is 229 g/mol. The van der Waals surface area contributed by atoms with Crippen molar-refractivity contribution < 1.29 is 4.74 Å². The van der Waals surface area contributed by atoms with Crippen LogP contribution < -0.4 is 16.2 Å². The lowest BCUT2D eigenvalue weighted by Crippen LogP contribution is -2.00. The highest BCUT2D eigenvalue weighted by molar-refractivity contribution is 5.79. The van der Waals surface area contributed by atoms with Gasteiger partial charge in [-0.1, -0.05) is 18.2 Å². The Bertz CT molecular complexity index is 526. The molecule has 17 heavy (non-hydrogen) atoms. The van der Waals surface area contributed by atoms with Gasteiger partial charge in [0.05, 0.1) is 6.61 Å². The molecule has 0 saturated heterocycles. The molecule has 0 radical (unpaired) electrons.